The first kappa shape index (κ1) is 23.6. The molecule has 0 aromatic heterocycles. The van der Waals surface area contributed by atoms with Crippen LogP contribution in [0.5, 0.6) is 0 Å². The van der Waals surface area contributed by atoms with E-state index in [0.29, 0.717) is 0 Å². The second kappa shape index (κ2) is 9.34. The van der Waals surface area contributed by atoms with E-state index < -0.39 is 42.3 Å². The third kappa shape index (κ3) is 4.69. The van der Waals surface area contributed by atoms with E-state index in [2.05, 4.69) is 5.32 Å². The van der Waals surface area contributed by atoms with Crippen molar-refractivity contribution in [2.24, 2.45) is 0 Å². The Hall–Kier alpha value is -3.60. The molecule has 3 unspecified atom stereocenters. The summed E-state index contributed by atoms with van der Waals surface area (Å²) >= 11 is 0. The maximum atomic E-state index is 12.9. The van der Waals surface area contributed by atoms with E-state index in [1.807, 2.05) is 48.5 Å². The quantitative estimate of drug-likeness (QED) is 0.589. The third-order valence-electron chi connectivity index (χ3n) is 5.86. The van der Waals surface area contributed by atoms with Crippen molar-refractivity contribution in [1.82, 2.24) is 10.6 Å². The highest BCUT2D eigenvalue weighted by Crippen LogP contribution is 2.44. The van der Waals surface area contributed by atoms with Crippen LogP contribution in [0.25, 0.3) is 11.1 Å². The van der Waals surface area contributed by atoms with E-state index in [9.17, 15) is 27.6 Å². The summed E-state index contributed by atoms with van der Waals surface area (Å²) in [6.45, 7) is 0.00955. The third-order valence-corrected chi connectivity index (χ3v) is 5.86. The summed E-state index contributed by atoms with van der Waals surface area (Å²) in [5.41, 5.74) is 4.10. The van der Waals surface area contributed by atoms with Gasteiger partial charge in [0.25, 0.3) is 5.91 Å². The van der Waals surface area contributed by atoms with Crippen LogP contribution >= 0.6 is 0 Å². The minimum atomic E-state index is -5.18. The molecule has 4 rings (SSSR count). The first-order valence-electron chi connectivity index (χ1n) is 10.5. The van der Waals surface area contributed by atoms with Crippen LogP contribution in [-0.4, -0.2) is 60.7 Å². The van der Waals surface area contributed by atoms with Gasteiger partial charge in [0.1, 0.15) is 6.61 Å². The fourth-order valence-corrected chi connectivity index (χ4v) is 4.30. The van der Waals surface area contributed by atoms with E-state index in [-0.39, 0.29) is 25.6 Å². The maximum absolute atomic E-state index is 12.9. The van der Waals surface area contributed by atoms with Crippen LogP contribution in [0.15, 0.2) is 48.5 Å². The minimum absolute atomic E-state index is 0.00380. The maximum Gasteiger partial charge on any atom is 0.419 e. The minimum Gasteiger partial charge on any atom is -0.479 e. The van der Waals surface area contributed by atoms with Crippen LogP contribution in [0.2, 0.25) is 0 Å². The molecule has 180 valence electrons. The van der Waals surface area contributed by atoms with Gasteiger partial charge < -0.3 is 25.2 Å². The van der Waals surface area contributed by atoms with Gasteiger partial charge in [0.05, 0.1) is 6.04 Å². The van der Waals surface area contributed by atoms with Gasteiger partial charge in [0.15, 0.2) is 6.10 Å². The predicted octanol–water partition coefficient (Wildman–Crippen LogP) is 2.81. The summed E-state index contributed by atoms with van der Waals surface area (Å²) in [6.07, 6.45) is -7.38. The number of alkyl halides is 3. The Labute approximate surface area is 192 Å². The number of carboxylic acids is 1. The number of hydrogen-bond donors (Lipinski definition) is 3. The number of alkyl carbamates (subject to hydrolysis) is 1. The number of carbonyl (C=O) groups is 3. The molecule has 1 fully saturated rings. The van der Waals surface area contributed by atoms with Crippen LogP contribution in [0.4, 0.5) is 18.0 Å². The Balaban J connectivity index is 1.38. The van der Waals surface area contributed by atoms with E-state index in [1.165, 1.54) is 5.32 Å². The van der Waals surface area contributed by atoms with Gasteiger partial charge in [0, 0.05) is 12.5 Å². The van der Waals surface area contributed by atoms with Gasteiger partial charge in [-0.1, -0.05) is 48.5 Å². The number of carboxylic acid groups (broad SMARTS) is 1. The van der Waals surface area contributed by atoms with Gasteiger partial charge in [0.2, 0.25) is 6.04 Å². The lowest BCUT2D eigenvalue weighted by molar-refractivity contribution is -0.183. The summed E-state index contributed by atoms with van der Waals surface area (Å²) in [7, 11) is 0. The SMILES string of the molecule is O=C(NC1CCOC1C(=O)NC(C(=O)O)C(F)(F)F)OCC1c2ccccc2-c2ccccc21. The highest BCUT2D eigenvalue weighted by atomic mass is 19.4. The van der Waals surface area contributed by atoms with Crippen molar-refractivity contribution in [3.05, 3.63) is 59.7 Å². The summed E-state index contributed by atoms with van der Waals surface area (Å²) in [4.78, 5) is 35.6. The molecular weight excluding hydrogens is 457 g/mol. The van der Waals surface area contributed by atoms with Crippen molar-refractivity contribution in [2.75, 3.05) is 13.2 Å². The van der Waals surface area contributed by atoms with Gasteiger partial charge in [-0.2, -0.15) is 13.2 Å². The lowest BCUT2D eigenvalue weighted by Crippen LogP contribution is -2.56. The first-order valence-corrected chi connectivity index (χ1v) is 10.5. The van der Waals surface area contributed by atoms with Crippen molar-refractivity contribution >= 4 is 18.0 Å². The molecule has 2 aliphatic rings. The predicted molar refractivity (Wildman–Crippen MR) is 112 cm³/mol. The topological polar surface area (TPSA) is 114 Å². The van der Waals surface area contributed by atoms with Crippen molar-refractivity contribution < 1.29 is 42.1 Å². The molecule has 8 nitrogen and oxygen atoms in total. The summed E-state index contributed by atoms with van der Waals surface area (Å²) in [5.74, 6) is -3.73. The Kier molecular flexibility index (Phi) is 6.47. The molecular formula is C23H21F3N2O6. The summed E-state index contributed by atoms with van der Waals surface area (Å²) in [5, 5.41) is 12.6. The fraction of sp³-hybridized carbons (Fsp3) is 0.348. The van der Waals surface area contributed by atoms with Crippen LogP contribution in [0.3, 0.4) is 0 Å². The van der Waals surface area contributed by atoms with Crippen LogP contribution in [-0.2, 0) is 19.1 Å². The first-order chi connectivity index (χ1) is 16.2. The number of amides is 2. The van der Waals surface area contributed by atoms with E-state index in [1.54, 1.807) is 0 Å². The Morgan fingerprint density at radius 3 is 2.21 bits per heavy atom. The van der Waals surface area contributed by atoms with Gasteiger partial charge in [-0.25, -0.2) is 9.59 Å². The molecule has 1 aliphatic carbocycles. The zero-order chi connectivity index (χ0) is 24.5. The molecule has 1 aliphatic heterocycles. The monoisotopic (exact) mass is 478 g/mol. The number of aliphatic carboxylic acids is 1. The van der Waals surface area contributed by atoms with Crippen molar-refractivity contribution in [3.63, 3.8) is 0 Å². The Morgan fingerprint density at radius 1 is 1.06 bits per heavy atom. The highest BCUT2D eigenvalue weighted by molar-refractivity contribution is 5.88. The number of nitrogens with one attached hydrogen (secondary N) is 2. The molecule has 3 atom stereocenters. The van der Waals surface area contributed by atoms with E-state index in [4.69, 9.17) is 14.6 Å². The number of hydrogen-bond acceptors (Lipinski definition) is 5. The van der Waals surface area contributed by atoms with E-state index >= 15 is 0 Å². The Bertz CT molecular complexity index is 1060. The number of ether oxygens (including phenoxy) is 2. The number of halogens is 3. The van der Waals surface area contributed by atoms with Crippen LogP contribution in [0, 0.1) is 0 Å². The average Bonchev–Trinajstić information content (AvgIpc) is 3.37. The zero-order valence-electron chi connectivity index (χ0n) is 17.7. The molecule has 1 heterocycles. The second-order valence-electron chi connectivity index (χ2n) is 7.98. The lowest BCUT2D eigenvalue weighted by Gasteiger charge is -2.23. The Morgan fingerprint density at radius 2 is 1.65 bits per heavy atom. The molecule has 2 aromatic rings. The molecule has 3 N–H and O–H groups in total. The number of fused-ring (bicyclic) bond motifs is 3. The average molecular weight is 478 g/mol. The lowest BCUT2D eigenvalue weighted by atomic mass is 9.98. The van der Waals surface area contributed by atoms with Gasteiger partial charge in [-0.3, -0.25) is 4.79 Å². The molecule has 11 heteroatoms. The van der Waals surface area contributed by atoms with Gasteiger partial charge in [-0.05, 0) is 28.7 Å². The van der Waals surface area contributed by atoms with Crippen molar-refractivity contribution in [3.8, 4) is 11.1 Å². The zero-order valence-corrected chi connectivity index (χ0v) is 17.7. The normalized spacial score (nSPS) is 20.2. The standard InChI is InChI=1S/C23H21F3N2O6/c24-23(25,26)19(21(30)31)28-20(29)18-17(9-10-33-18)27-22(32)34-11-16-14-7-3-1-5-12(14)13-6-2-4-8-15(13)16/h1-8,16-19H,9-11H2,(H,27,32)(H,28,29)(H,30,31). The molecule has 0 bridgehead atoms. The molecule has 0 radical (unpaired) electrons. The van der Waals surface area contributed by atoms with E-state index in [0.717, 1.165) is 22.3 Å². The van der Waals surface area contributed by atoms with Crippen LogP contribution in [0.1, 0.15) is 23.5 Å². The molecule has 2 aromatic carbocycles. The van der Waals surface area contributed by atoms with Crippen molar-refractivity contribution in [1.29, 1.82) is 0 Å². The molecule has 34 heavy (non-hydrogen) atoms. The second-order valence-corrected chi connectivity index (χ2v) is 7.98. The van der Waals surface area contributed by atoms with Crippen molar-refractivity contribution in [2.45, 2.75) is 36.7 Å². The molecule has 2 amide bonds. The summed E-state index contributed by atoms with van der Waals surface area (Å²) in [6, 6.07) is 11.4. The number of rotatable bonds is 6. The van der Waals surface area contributed by atoms with Gasteiger partial charge >= 0.3 is 18.2 Å². The largest absolute Gasteiger partial charge is 0.479 e. The molecule has 0 saturated carbocycles. The highest BCUT2D eigenvalue weighted by Gasteiger charge is 2.48. The van der Waals surface area contributed by atoms with Crippen LogP contribution < -0.4 is 10.6 Å². The fourth-order valence-electron chi connectivity index (χ4n) is 4.30. The molecule has 0 spiro atoms. The van der Waals surface area contributed by atoms with Gasteiger partial charge in [-0.15, -0.1) is 0 Å². The number of benzene rings is 2. The smallest absolute Gasteiger partial charge is 0.419 e. The number of carbonyl (C=O) groups excluding carboxylic acids is 2. The summed E-state index contributed by atoms with van der Waals surface area (Å²) < 4.78 is 49.1. The molecule has 1 saturated heterocycles.